The minimum absolute atomic E-state index is 0.110. The van der Waals surface area contributed by atoms with Gasteiger partial charge in [0.2, 0.25) is 0 Å². The summed E-state index contributed by atoms with van der Waals surface area (Å²) in [6, 6.07) is 4.22. The number of amides is 1. The SMILES string of the molecule is CC(C)(C)OC(=O)N(CC1CC1)C1(c2ccc(Br)s2)CC1. The van der Waals surface area contributed by atoms with Gasteiger partial charge in [0, 0.05) is 11.4 Å². The Labute approximate surface area is 138 Å². The summed E-state index contributed by atoms with van der Waals surface area (Å²) >= 11 is 5.27. The minimum atomic E-state index is -0.439. The van der Waals surface area contributed by atoms with Gasteiger partial charge in [-0.1, -0.05) is 0 Å². The Kier molecular flexibility index (Phi) is 3.85. The van der Waals surface area contributed by atoms with E-state index in [0.717, 1.165) is 23.2 Å². The molecule has 0 aliphatic heterocycles. The highest BCUT2D eigenvalue weighted by Crippen LogP contribution is 2.55. The first-order valence-corrected chi connectivity index (χ1v) is 9.18. The molecule has 1 heterocycles. The van der Waals surface area contributed by atoms with Gasteiger partial charge < -0.3 is 4.74 Å². The van der Waals surface area contributed by atoms with Crippen LogP contribution in [-0.2, 0) is 10.3 Å². The van der Waals surface area contributed by atoms with Crippen molar-refractivity contribution in [3.05, 3.63) is 20.8 Å². The highest BCUT2D eigenvalue weighted by Gasteiger charge is 2.54. The Morgan fingerprint density at radius 1 is 1.43 bits per heavy atom. The van der Waals surface area contributed by atoms with E-state index in [1.165, 1.54) is 17.7 Å². The summed E-state index contributed by atoms with van der Waals surface area (Å²) in [6.45, 7) is 6.63. The molecule has 0 N–H and O–H groups in total. The number of rotatable bonds is 4. The lowest BCUT2D eigenvalue weighted by Crippen LogP contribution is -2.44. The summed E-state index contributed by atoms with van der Waals surface area (Å²) in [5, 5.41) is 0. The van der Waals surface area contributed by atoms with Gasteiger partial charge in [-0.2, -0.15) is 0 Å². The van der Waals surface area contributed by atoms with Crippen molar-refractivity contribution in [1.82, 2.24) is 4.90 Å². The molecule has 0 bridgehead atoms. The Bertz CT molecular complexity index is 541. The van der Waals surface area contributed by atoms with E-state index in [4.69, 9.17) is 4.74 Å². The number of nitrogens with zero attached hydrogens (tertiary/aromatic N) is 1. The quantitative estimate of drug-likeness (QED) is 0.732. The van der Waals surface area contributed by atoms with Crippen LogP contribution in [0.25, 0.3) is 0 Å². The molecule has 2 aliphatic rings. The van der Waals surface area contributed by atoms with Gasteiger partial charge in [-0.3, -0.25) is 4.90 Å². The predicted octanol–water partition coefficient (Wildman–Crippen LogP) is 5.15. The monoisotopic (exact) mass is 371 g/mol. The summed E-state index contributed by atoms with van der Waals surface area (Å²) in [5.74, 6) is 0.665. The van der Waals surface area contributed by atoms with Crippen LogP contribution < -0.4 is 0 Å². The Balaban J connectivity index is 1.83. The Morgan fingerprint density at radius 2 is 2.10 bits per heavy atom. The number of carbonyl (C=O) groups excluding carboxylic acids is 1. The fourth-order valence-electron chi connectivity index (χ4n) is 2.63. The molecule has 2 saturated carbocycles. The van der Waals surface area contributed by atoms with E-state index in [1.807, 2.05) is 25.7 Å². The number of ether oxygens (including phenoxy) is 1. The fraction of sp³-hybridized carbons (Fsp3) is 0.688. The van der Waals surface area contributed by atoms with Crippen molar-refractivity contribution < 1.29 is 9.53 Å². The lowest BCUT2D eigenvalue weighted by Gasteiger charge is -2.33. The van der Waals surface area contributed by atoms with Crippen LogP contribution in [-0.4, -0.2) is 23.1 Å². The first kappa shape index (κ1) is 15.3. The summed E-state index contributed by atoms with van der Waals surface area (Å²) in [7, 11) is 0. The van der Waals surface area contributed by atoms with Gasteiger partial charge in [0.25, 0.3) is 0 Å². The van der Waals surface area contributed by atoms with Crippen LogP contribution in [0.15, 0.2) is 15.9 Å². The number of hydrogen-bond acceptors (Lipinski definition) is 3. The first-order chi connectivity index (χ1) is 9.80. The van der Waals surface area contributed by atoms with Crippen molar-refractivity contribution in [2.45, 2.75) is 57.6 Å². The molecule has 2 aliphatic carbocycles. The predicted molar refractivity (Wildman–Crippen MR) is 88.6 cm³/mol. The van der Waals surface area contributed by atoms with E-state index < -0.39 is 5.60 Å². The van der Waals surface area contributed by atoms with E-state index in [-0.39, 0.29) is 11.6 Å². The molecule has 0 atom stereocenters. The molecule has 3 nitrogen and oxygen atoms in total. The molecule has 5 heteroatoms. The summed E-state index contributed by atoms with van der Waals surface area (Å²) in [6.07, 6.45) is 4.42. The van der Waals surface area contributed by atoms with Gasteiger partial charge in [-0.25, -0.2) is 4.79 Å². The Hall–Kier alpha value is -0.550. The van der Waals surface area contributed by atoms with Crippen LogP contribution in [0, 0.1) is 5.92 Å². The third-order valence-corrected chi connectivity index (χ3v) is 5.84. The van der Waals surface area contributed by atoms with Crippen molar-refractivity contribution in [2.24, 2.45) is 5.92 Å². The van der Waals surface area contributed by atoms with Crippen molar-refractivity contribution in [3.63, 3.8) is 0 Å². The molecule has 0 radical (unpaired) electrons. The molecule has 0 unspecified atom stereocenters. The van der Waals surface area contributed by atoms with Crippen molar-refractivity contribution >= 4 is 33.4 Å². The molecule has 0 aromatic carbocycles. The van der Waals surface area contributed by atoms with Crippen LogP contribution in [0.2, 0.25) is 0 Å². The molecule has 1 aromatic rings. The maximum absolute atomic E-state index is 12.7. The summed E-state index contributed by atoms with van der Waals surface area (Å²) in [5.41, 5.74) is -0.549. The standard InChI is InChI=1S/C16H22BrNO2S/c1-15(2,3)20-14(19)18(10-11-4-5-11)16(8-9-16)12-6-7-13(17)21-12/h6-7,11H,4-5,8-10H2,1-3H3. The van der Waals surface area contributed by atoms with Gasteiger partial charge >= 0.3 is 6.09 Å². The number of carbonyl (C=O) groups is 1. The normalized spacial score (nSPS) is 20.2. The molecular weight excluding hydrogens is 350 g/mol. The van der Waals surface area contributed by atoms with Crippen LogP contribution in [0.5, 0.6) is 0 Å². The van der Waals surface area contributed by atoms with Gasteiger partial charge in [0.05, 0.1) is 9.33 Å². The van der Waals surface area contributed by atoms with Gasteiger partial charge in [0.1, 0.15) is 5.60 Å². The second-order valence-corrected chi connectivity index (χ2v) is 9.63. The molecule has 0 saturated heterocycles. The van der Waals surface area contributed by atoms with Crippen LogP contribution >= 0.6 is 27.3 Å². The minimum Gasteiger partial charge on any atom is -0.444 e. The average Bonchev–Trinajstić information content (AvgIpc) is 3.26. The van der Waals surface area contributed by atoms with Gasteiger partial charge in [-0.05, 0) is 80.4 Å². The van der Waals surface area contributed by atoms with E-state index in [9.17, 15) is 4.79 Å². The maximum atomic E-state index is 12.7. The van der Waals surface area contributed by atoms with Gasteiger partial charge in [0.15, 0.2) is 0 Å². The zero-order valence-corrected chi connectivity index (χ0v) is 15.2. The van der Waals surface area contributed by atoms with E-state index in [0.29, 0.717) is 5.92 Å². The van der Waals surface area contributed by atoms with Crippen LogP contribution in [0.3, 0.4) is 0 Å². The smallest absolute Gasteiger partial charge is 0.411 e. The van der Waals surface area contributed by atoms with Crippen molar-refractivity contribution in [1.29, 1.82) is 0 Å². The van der Waals surface area contributed by atoms with E-state index in [1.54, 1.807) is 11.3 Å². The number of thiophene rings is 1. The molecule has 1 aromatic heterocycles. The van der Waals surface area contributed by atoms with Gasteiger partial charge in [-0.15, -0.1) is 11.3 Å². The molecule has 2 fully saturated rings. The zero-order valence-electron chi connectivity index (χ0n) is 12.8. The average molecular weight is 372 g/mol. The topological polar surface area (TPSA) is 29.5 Å². The molecule has 0 spiro atoms. The lowest BCUT2D eigenvalue weighted by molar-refractivity contribution is 0.0113. The maximum Gasteiger partial charge on any atom is 0.411 e. The Morgan fingerprint density at radius 3 is 2.52 bits per heavy atom. The fourth-order valence-corrected chi connectivity index (χ4v) is 4.27. The summed E-state index contributed by atoms with van der Waals surface area (Å²) in [4.78, 5) is 16.0. The molecule has 3 rings (SSSR count). The number of halogens is 1. The van der Waals surface area contributed by atoms with E-state index in [2.05, 4.69) is 28.1 Å². The largest absolute Gasteiger partial charge is 0.444 e. The van der Waals surface area contributed by atoms with E-state index >= 15 is 0 Å². The second kappa shape index (κ2) is 5.27. The van der Waals surface area contributed by atoms with Crippen LogP contribution in [0.4, 0.5) is 4.79 Å². The molecule has 1 amide bonds. The molecule has 21 heavy (non-hydrogen) atoms. The lowest BCUT2D eigenvalue weighted by atomic mass is 10.1. The molecule has 116 valence electrons. The van der Waals surface area contributed by atoms with Crippen molar-refractivity contribution in [2.75, 3.05) is 6.54 Å². The highest BCUT2D eigenvalue weighted by molar-refractivity contribution is 9.11. The second-order valence-electron chi connectivity index (χ2n) is 7.17. The van der Waals surface area contributed by atoms with Crippen LogP contribution in [0.1, 0.15) is 51.3 Å². The summed E-state index contributed by atoms with van der Waals surface area (Å²) < 4.78 is 6.79. The molecular formula is C16H22BrNO2S. The third kappa shape index (κ3) is 3.45. The van der Waals surface area contributed by atoms with Crippen molar-refractivity contribution in [3.8, 4) is 0 Å². The highest BCUT2D eigenvalue weighted by atomic mass is 79.9. The number of hydrogen-bond donors (Lipinski definition) is 0. The zero-order chi connectivity index (χ0) is 15.3. The third-order valence-electron chi connectivity index (χ3n) is 4.02. The first-order valence-electron chi connectivity index (χ1n) is 7.57.